The smallest absolute Gasteiger partial charge is 0.340 e. The van der Waals surface area contributed by atoms with Crippen LogP contribution in [0.15, 0.2) is 35.5 Å². The number of carbonyl (C=O) groups is 1. The summed E-state index contributed by atoms with van der Waals surface area (Å²) in [6.07, 6.45) is 0.902. The first-order valence-electron chi connectivity index (χ1n) is 5.41. The van der Waals surface area contributed by atoms with Gasteiger partial charge in [0.25, 0.3) is 10.0 Å². The zero-order valence-electron chi connectivity index (χ0n) is 10.00. The Morgan fingerprint density at radius 1 is 1.45 bits per heavy atom. The van der Waals surface area contributed by atoms with Gasteiger partial charge in [-0.2, -0.15) is 5.10 Å². The number of halogens is 1. The van der Waals surface area contributed by atoms with Crippen LogP contribution in [0.2, 0.25) is 0 Å². The Bertz CT molecular complexity index is 742. The molecule has 9 heteroatoms. The molecule has 0 amide bonds. The zero-order valence-corrected chi connectivity index (χ0v) is 10.8. The van der Waals surface area contributed by atoms with Crippen LogP contribution in [0.1, 0.15) is 15.9 Å². The van der Waals surface area contributed by atoms with Crippen LogP contribution in [0.3, 0.4) is 0 Å². The first-order chi connectivity index (χ1) is 9.40. The molecule has 7 nitrogen and oxygen atoms in total. The molecule has 1 aromatic heterocycles. The van der Waals surface area contributed by atoms with Crippen LogP contribution >= 0.6 is 0 Å². The van der Waals surface area contributed by atoms with E-state index in [1.807, 2.05) is 0 Å². The summed E-state index contributed by atoms with van der Waals surface area (Å²) < 4.78 is 39.0. The van der Waals surface area contributed by atoms with E-state index in [1.165, 1.54) is 24.3 Å². The third kappa shape index (κ3) is 3.00. The van der Waals surface area contributed by atoms with Crippen molar-refractivity contribution in [3.05, 3.63) is 47.4 Å². The molecule has 0 aliphatic heterocycles. The first-order valence-corrected chi connectivity index (χ1v) is 6.89. The predicted octanol–water partition coefficient (Wildman–Crippen LogP) is 0.725. The number of aromatic carboxylic acids is 1. The Morgan fingerprint density at radius 3 is 2.85 bits per heavy atom. The Labute approximate surface area is 113 Å². The van der Waals surface area contributed by atoms with Crippen molar-refractivity contribution < 1.29 is 22.7 Å². The van der Waals surface area contributed by atoms with E-state index in [4.69, 9.17) is 5.11 Å². The normalized spacial score (nSPS) is 11.4. The molecule has 0 spiro atoms. The summed E-state index contributed by atoms with van der Waals surface area (Å²) in [5, 5.41) is 13.8. The van der Waals surface area contributed by atoms with Crippen LogP contribution in [0.4, 0.5) is 4.39 Å². The quantitative estimate of drug-likeness (QED) is 0.753. The number of sulfonamides is 1. The van der Waals surface area contributed by atoms with E-state index in [1.54, 1.807) is 0 Å². The molecule has 0 atom stereocenters. The molecule has 0 saturated heterocycles. The van der Waals surface area contributed by atoms with E-state index >= 15 is 0 Å². The lowest BCUT2D eigenvalue weighted by molar-refractivity contribution is 0.0692. The largest absolute Gasteiger partial charge is 0.478 e. The van der Waals surface area contributed by atoms with Gasteiger partial charge in [0.1, 0.15) is 11.4 Å². The highest BCUT2D eigenvalue weighted by atomic mass is 32.2. The van der Waals surface area contributed by atoms with E-state index in [-0.39, 0.29) is 6.54 Å². The van der Waals surface area contributed by atoms with Crippen molar-refractivity contribution in [2.24, 2.45) is 0 Å². The molecule has 106 valence electrons. The van der Waals surface area contributed by atoms with E-state index in [0.717, 1.165) is 6.20 Å². The summed E-state index contributed by atoms with van der Waals surface area (Å²) in [5.74, 6) is -1.90. The molecule has 3 N–H and O–H groups in total. The van der Waals surface area contributed by atoms with E-state index in [0.29, 0.717) is 5.56 Å². The summed E-state index contributed by atoms with van der Waals surface area (Å²) in [4.78, 5) is 10.8. The average Bonchev–Trinajstić information content (AvgIpc) is 2.87. The Balaban J connectivity index is 2.19. The van der Waals surface area contributed by atoms with Crippen LogP contribution < -0.4 is 4.72 Å². The van der Waals surface area contributed by atoms with Crippen molar-refractivity contribution in [1.82, 2.24) is 14.9 Å². The lowest BCUT2D eigenvalue weighted by Crippen LogP contribution is -2.25. The van der Waals surface area contributed by atoms with Gasteiger partial charge in [0.05, 0.1) is 6.20 Å². The highest BCUT2D eigenvalue weighted by molar-refractivity contribution is 7.89. The van der Waals surface area contributed by atoms with Crippen molar-refractivity contribution in [1.29, 1.82) is 0 Å². The SMILES string of the molecule is O=C(O)c1cn[nH]c1S(=O)(=O)NCc1cccc(F)c1. The summed E-state index contributed by atoms with van der Waals surface area (Å²) in [5.41, 5.74) is -0.0540. The number of hydrogen-bond donors (Lipinski definition) is 3. The number of aromatic nitrogens is 2. The lowest BCUT2D eigenvalue weighted by Gasteiger charge is -2.06. The minimum absolute atomic E-state index is 0.168. The molecule has 0 bridgehead atoms. The molecule has 0 aliphatic carbocycles. The van der Waals surface area contributed by atoms with Crippen LogP contribution in [0, 0.1) is 5.82 Å². The van der Waals surface area contributed by atoms with Crippen molar-refractivity contribution in [2.45, 2.75) is 11.6 Å². The summed E-state index contributed by atoms with van der Waals surface area (Å²) in [6.45, 7) is -0.168. The number of carboxylic acid groups (broad SMARTS) is 1. The van der Waals surface area contributed by atoms with E-state index in [2.05, 4.69) is 14.9 Å². The zero-order chi connectivity index (χ0) is 14.8. The fraction of sp³-hybridized carbons (Fsp3) is 0.0909. The van der Waals surface area contributed by atoms with Gasteiger partial charge in [-0.25, -0.2) is 22.3 Å². The predicted molar refractivity (Wildman–Crippen MR) is 66.0 cm³/mol. The molecule has 0 saturated carbocycles. The Morgan fingerprint density at radius 2 is 2.20 bits per heavy atom. The van der Waals surface area contributed by atoms with Crippen LogP contribution in [-0.2, 0) is 16.6 Å². The molecular weight excluding hydrogens is 289 g/mol. The number of carboxylic acids is 1. The molecule has 20 heavy (non-hydrogen) atoms. The van der Waals surface area contributed by atoms with Crippen LogP contribution in [0.5, 0.6) is 0 Å². The molecule has 2 rings (SSSR count). The molecule has 1 aromatic carbocycles. The van der Waals surface area contributed by atoms with Gasteiger partial charge in [-0.1, -0.05) is 12.1 Å². The van der Waals surface area contributed by atoms with Gasteiger partial charge >= 0.3 is 5.97 Å². The van der Waals surface area contributed by atoms with Gasteiger partial charge in [-0.05, 0) is 17.7 Å². The number of hydrogen-bond acceptors (Lipinski definition) is 4. The maximum atomic E-state index is 13.0. The number of H-pyrrole nitrogens is 1. The van der Waals surface area contributed by atoms with E-state index < -0.39 is 32.4 Å². The van der Waals surface area contributed by atoms with Gasteiger partial charge in [-0.3, -0.25) is 5.10 Å². The average molecular weight is 299 g/mol. The number of nitrogens with zero attached hydrogens (tertiary/aromatic N) is 1. The third-order valence-electron chi connectivity index (χ3n) is 2.46. The number of aromatic amines is 1. The second-order valence-electron chi connectivity index (χ2n) is 3.87. The van der Waals surface area contributed by atoms with Gasteiger partial charge in [0.15, 0.2) is 5.03 Å². The second-order valence-corrected chi connectivity index (χ2v) is 5.58. The van der Waals surface area contributed by atoms with Crippen LogP contribution in [-0.4, -0.2) is 29.7 Å². The number of nitrogens with one attached hydrogen (secondary N) is 2. The number of benzene rings is 1. The maximum absolute atomic E-state index is 13.0. The highest BCUT2D eigenvalue weighted by Crippen LogP contribution is 2.12. The lowest BCUT2D eigenvalue weighted by atomic mass is 10.2. The Kier molecular flexibility index (Phi) is 3.81. The summed E-state index contributed by atoms with van der Waals surface area (Å²) in [6, 6.07) is 5.39. The topological polar surface area (TPSA) is 112 Å². The maximum Gasteiger partial charge on any atom is 0.340 e. The molecular formula is C11H10FN3O4S. The molecule has 0 aliphatic rings. The summed E-state index contributed by atoms with van der Waals surface area (Å²) in [7, 11) is -4.07. The van der Waals surface area contributed by atoms with Crippen molar-refractivity contribution >= 4 is 16.0 Å². The van der Waals surface area contributed by atoms with Crippen LogP contribution in [0.25, 0.3) is 0 Å². The molecule has 0 radical (unpaired) electrons. The van der Waals surface area contributed by atoms with Crippen molar-refractivity contribution in [2.75, 3.05) is 0 Å². The van der Waals surface area contributed by atoms with Gasteiger partial charge < -0.3 is 5.11 Å². The Hall–Kier alpha value is -2.26. The fourth-order valence-electron chi connectivity index (χ4n) is 1.53. The fourth-order valence-corrected chi connectivity index (χ4v) is 2.63. The first kappa shape index (κ1) is 14.2. The molecule has 1 heterocycles. The molecule has 0 unspecified atom stereocenters. The third-order valence-corrected chi connectivity index (χ3v) is 3.83. The standard InChI is InChI=1S/C11H10FN3O4S/c12-8-3-1-2-7(4-8)5-14-20(18,19)10-9(11(16)17)6-13-15-10/h1-4,6,14H,5H2,(H,13,15)(H,16,17). The minimum Gasteiger partial charge on any atom is -0.478 e. The number of rotatable bonds is 5. The minimum atomic E-state index is -4.07. The van der Waals surface area contributed by atoms with E-state index in [9.17, 15) is 17.6 Å². The van der Waals surface area contributed by atoms with Gasteiger partial charge in [0.2, 0.25) is 0 Å². The molecule has 2 aromatic rings. The van der Waals surface area contributed by atoms with Crippen molar-refractivity contribution in [3.8, 4) is 0 Å². The monoisotopic (exact) mass is 299 g/mol. The van der Waals surface area contributed by atoms with Gasteiger partial charge in [0, 0.05) is 6.54 Å². The molecule has 0 fully saturated rings. The van der Waals surface area contributed by atoms with Gasteiger partial charge in [-0.15, -0.1) is 0 Å². The highest BCUT2D eigenvalue weighted by Gasteiger charge is 2.24. The summed E-state index contributed by atoms with van der Waals surface area (Å²) >= 11 is 0. The second kappa shape index (κ2) is 5.39. The van der Waals surface area contributed by atoms with Crippen molar-refractivity contribution in [3.63, 3.8) is 0 Å².